The van der Waals surface area contributed by atoms with Gasteiger partial charge in [0.1, 0.15) is 0 Å². The molecule has 0 spiro atoms. The molecule has 0 saturated carbocycles. The van der Waals surface area contributed by atoms with E-state index in [2.05, 4.69) is 33.2 Å². The van der Waals surface area contributed by atoms with Crippen molar-refractivity contribution in [1.82, 2.24) is 10.2 Å². The molecule has 0 aromatic heterocycles. The number of hydrogen-bond acceptors (Lipinski definition) is 3. The van der Waals surface area contributed by atoms with Crippen LogP contribution in [-0.4, -0.2) is 50.2 Å². The lowest BCUT2D eigenvalue weighted by Gasteiger charge is -2.30. The van der Waals surface area contributed by atoms with Gasteiger partial charge in [-0.3, -0.25) is 4.79 Å². The molecule has 1 fully saturated rings. The molecule has 0 radical (unpaired) electrons. The fourth-order valence-corrected chi connectivity index (χ4v) is 2.41. The molecule has 1 aromatic rings. The third-order valence-corrected chi connectivity index (χ3v) is 4.12. The van der Waals surface area contributed by atoms with Gasteiger partial charge < -0.3 is 15.0 Å². The first kappa shape index (κ1) is 14.5. The van der Waals surface area contributed by atoms with Crippen LogP contribution in [0.1, 0.15) is 15.9 Å². The van der Waals surface area contributed by atoms with Gasteiger partial charge in [0, 0.05) is 29.7 Å². The molecule has 5 heteroatoms. The zero-order valence-corrected chi connectivity index (χ0v) is 12.9. The SMILES string of the molecule is Cc1ccc(C(=O)NCC2CN(C)CCO2)cc1Br. The van der Waals surface area contributed by atoms with Gasteiger partial charge in [-0.1, -0.05) is 22.0 Å². The van der Waals surface area contributed by atoms with E-state index in [9.17, 15) is 4.79 Å². The van der Waals surface area contributed by atoms with E-state index in [1.54, 1.807) is 0 Å². The summed E-state index contributed by atoms with van der Waals surface area (Å²) in [5.74, 6) is -0.0578. The van der Waals surface area contributed by atoms with E-state index in [0.29, 0.717) is 12.1 Å². The number of ether oxygens (including phenoxy) is 1. The Hall–Kier alpha value is -0.910. The Labute approximate surface area is 122 Å². The topological polar surface area (TPSA) is 41.6 Å². The van der Waals surface area contributed by atoms with Crippen molar-refractivity contribution in [3.8, 4) is 0 Å². The van der Waals surface area contributed by atoms with E-state index in [-0.39, 0.29) is 12.0 Å². The van der Waals surface area contributed by atoms with Crippen molar-refractivity contribution in [2.75, 3.05) is 33.3 Å². The second kappa shape index (κ2) is 6.50. The Bertz CT molecular complexity index is 465. The molecule has 1 aliphatic rings. The van der Waals surface area contributed by atoms with Crippen LogP contribution in [0.4, 0.5) is 0 Å². The first-order chi connectivity index (χ1) is 9.06. The van der Waals surface area contributed by atoms with Gasteiger partial charge in [0.25, 0.3) is 5.91 Å². The third kappa shape index (κ3) is 4.03. The number of morpholine rings is 1. The summed E-state index contributed by atoms with van der Waals surface area (Å²) in [4.78, 5) is 14.2. The number of nitrogens with zero attached hydrogens (tertiary/aromatic N) is 1. The van der Waals surface area contributed by atoms with Crippen LogP contribution in [-0.2, 0) is 4.74 Å². The van der Waals surface area contributed by atoms with Gasteiger partial charge in [-0.2, -0.15) is 0 Å². The lowest BCUT2D eigenvalue weighted by molar-refractivity contribution is -0.0175. The molecule has 1 aliphatic heterocycles. The molecule has 0 bridgehead atoms. The van der Waals surface area contributed by atoms with Crippen molar-refractivity contribution in [1.29, 1.82) is 0 Å². The van der Waals surface area contributed by atoms with Gasteiger partial charge in [-0.25, -0.2) is 0 Å². The predicted molar refractivity (Wildman–Crippen MR) is 78.4 cm³/mol. The Morgan fingerprint density at radius 2 is 2.37 bits per heavy atom. The fraction of sp³-hybridized carbons (Fsp3) is 0.500. The third-order valence-electron chi connectivity index (χ3n) is 3.27. The number of carbonyl (C=O) groups excluding carboxylic acids is 1. The summed E-state index contributed by atoms with van der Waals surface area (Å²) in [7, 11) is 2.06. The molecular formula is C14H19BrN2O2. The summed E-state index contributed by atoms with van der Waals surface area (Å²) in [5, 5.41) is 2.92. The molecule has 0 aliphatic carbocycles. The molecule has 104 valence electrons. The van der Waals surface area contributed by atoms with Gasteiger partial charge in [-0.15, -0.1) is 0 Å². The van der Waals surface area contributed by atoms with E-state index in [4.69, 9.17) is 4.74 Å². The summed E-state index contributed by atoms with van der Waals surface area (Å²) in [6.07, 6.45) is 0.0802. The van der Waals surface area contributed by atoms with Crippen molar-refractivity contribution >= 4 is 21.8 Å². The zero-order chi connectivity index (χ0) is 13.8. The number of rotatable bonds is 3. The molecule has 1 saturated heterocycles. The highest BCUT2D eigenvalue weighted by Crippen LogP contribution is 2.17. The van der Waals surface area contributed by atoms with Gasteiger partial charge >= 0.3 is 0 Å². The Morgan fingerprint density at radius 3 is 3.05 bits per heavy atom. The Morgan fingerprint density at radius 1 is 1.58 bits per heavy atom. The molecule has 1 atom stereocenters. The Kier molecular flexibility index (Phi) is 4.96. The van der Waals surface area contributed by atoms with Crippen LogP contribution in [0.3, 0.4) is 0 Å². The maximum absolute atomic E-state index is 12.0. The minimum atomic E-state index is -0.0578. The maximum Gasteiger partial charge on any atom is 0.251 e. The van der Waals surface area contributed by atoms with Crippen LogP contribution in [0, 0.1) is 6.92 Å². The molecule has 1 unspecified atom stereocenters. The predicted octanol–water partition coefficient (Wildman–Crippen LogP) is 1.82. The first-order valence-corrected chi connectivity index (χ1v) is 7.20. The Balaban J connectivity index is 1.88. The highest BCUT2D eigenvalue weighted by atomic mass is 79.9. The number of amides is 1. The molecule has 2 rings (SSSR count). The van der Waals surface area contributed by atoms with Crippen LogP contribution < -0.4 is 5.32 Å². The van der Waals surface area contributed by atoms with Crippen LogP contribution in [0.25, 0.3) is 0 Å². The molecule has 1 aromatic carbocycles. The van der Waals surface area contributed by atoms with E-state index >= 15 is 0 Å². The summed E-state index contributed by atoms with van der Waals surface area (Å²) >= 11 is 3.44. The van der Waals surface area contributed by atoms with Gasteiger partial charge in [0.15, 0.2) is 0 Å². The number of nitrogens with one attached hydrogen (secondary N) is 1. The van der Waals surface area contributed by atoms with Gasteiger partial charge in [0.2, 0.25) is 0 Å². The lowest BCUT2D eigenvalue weighted by Crippen LogP contribution is -2.45. The molecule has 4 nitrogen and oxygen atoms in total. The number of aryl methyl sites for hydroxylation is 1. The van der Waals surface area contributed by atoms with Crippen LogP contribution in [0.5, 0.6) is 0 Å². The van der Waals surface area contributed by atoms with Crippen molar-refractivity contribution in [2.45, 2.75) is 13.0 Å². The second-order valence-electron chi connectivity index (χ2n) is 4.93. The van der Waals surface area contributed by atoms with E-state index in [0.717, 1.165) is 29.7 Å². The van der Waals surface area contributed by atoms with Gasteiger partial charge in [0.05, 0.1) is 12.7 Å². The quantitative estimate of drug-likeness (QED) is 0.921. The largest absolute Gasteiger partial charge is 0.374 e. The number of carbonyl (C=O) groups is 1. The van der Waals surface area contributed by atoms with E-state index in [1.807, 2.05) is 25.1 Å². The van der Waals surface area contributed by atoms with Crippen LogP contribution in [0.2, 0.25) is 0 Å². The average Bonchev–Trinajstić information content (AvgIpc) is 2.39. The van der Waals surface area contributed by atoms with Crippen molar-refractivity contribution in [2.24, 2.45) is 0 Å². The minimum Gasteiger partial charge on any atom is -0.374 e. The smallest absolute Gasteiger partial charge is 0.251 e. The normalized spacial score (nSPS) is 20.3. The molecule has 1 heterocycles. The fourth-order valence-electron chi connectivity index (χ4n) is 2.03. The van der Waals surface area contributed by atoms with Gasteiger partial charge in [-0.05, 0) is 31.7 Å². The molecular weight excluding hydrogens is 308 g/mol. The molecule has 1 N–H and O–H groups in total. The van der Waals surface area contributed by atoms with Crippen molar-refractivity contribution in [3.05, 3.63) is 33.8 Å². The van der Waals surface area contributed by atoms with E-state index in [1.165, 1.54) is 0 Å². The first-order valence-electron chi connectivity index (χ1n) is 6.41. The maximum atomic E-state index is 12.0. The highest BCUT2D eigenvalue weighted by molar-refractivity contribution is 9.10. The van der Waals surface area contributed by atoms with Crippen molar-refractivity contribution in [3.63, 3.8) is 0 Å². The summed E-state index contributed by atoms with van der Waals surface area (Å²) in [6, 6.07) is 5.62. The summed E-state index contributed by atoms with van der Waals surface area (Å²) < 4.78 is 6.56. The summed E-state index contributed by atoms with van der Waals surface area (Å²) in [5.41, 5.74) is 1.79. The number of benzene rings is 1. The number of likely N-dealkylation sites (N-methyl/N-ethyl adjacent to an activating group) is 1. The monoisotopic (exact) mass is 326 g/mol. The standard InChI is InChI=1S/C14H19BrN2O2/c1-10-3-4-11(7-13(10)15)14(18)16-8-12-9-17(2)5-6-19-12/h3-4,7,12H,5-6,8-9H2,1-2H3,(H,16,18). The molecule has 19 heavy (non-hydrogen) atoms. The average molecular weight is 327 g/mol. The minimum absolute atomic E-state index is 0.0578. The number of hydrogen-bond donors (Lipinski definition) is 1. The van der Waals surface area contributed by atoms with Crippen LogP contribution in [0.15, 0.2) is 22.7 Å². The summed E-state index contributed by atoms with van der Waals surface area (Å²) in [6.45, 7) is 5.09. The van der Waals surface area contributed by atoms with E-state index < -0.39 is 0 Å². The lowest BCUT2D eigenvalue weighted by atomic mass is 10.1. The second-order valence-corrected chi connectivity index (χ2v) is 5.78. The zero-order valence-electron chi connectivity index (χ0n) is 11.3. The number of halogens is 1. The highest BCUT2D eigenvalue weighted by Gasteiger charge is 2.18. The van der Waals surface area contributed by atoms with Crippen molar-refractivity contribution < 1.29 is 9.53 Å². The molecule has 1 amide bonds. The van der Waals surface area contributed by atoms with Crippen LogP contribution >= 0.6 is 15.9 Å².